The van der Waals surface area contributed by atoms with Gasteiger partial charge in [0.1, 0.15) is 6.04 Å². The van der Waals surface area contributed by atoms with Crippen molar-refractivity contribution in [1.82, 2.24) is 10.6 Å². The number of unbranched alkanes of at least 4 members (excludes halogenated alkanes) is 9. The molecule has 0 radical (unpaired) electrons. The van der Waals surface area contributed by atoms with Crippen LogP contribution in [-0.4, -0.2) is 42.7 Å². The van der Waals surface area contributed by atoms with Crippen LogP contribution in [0.15, 0.2) is 0 Å². The Balaban J connectivity index is 3.75. The van der Waals surface area contributed by atoms with Crippen LogP contribution in [0.25, 0.3) is 0 Å². The number of amides is 2. The topological polar surface area (TPSA) is 110 Å². The molecule has 0 unspecified atom stereocenters. The van der Waals surface area contributed by atoms with Crippen molar-refractivity contribution in [1.29, 1.82) is 0 Å². The van der Waals surface area contributed by atoms with E-state index in [1.54, 1.807) is 0 Å². The summed E-state index contributed by atoms with van der Waals surface area (Å²) < 4.78 is 0. The third-order valence-corrected chi connectivity index (χ3v) is 5.07. The van der Waals surface area contributed by atoms with E-state index in [-0.39, 0.29) is 17.6 Å². The highest BCUT2D eigenvalue weighted by Crippen LogP contribution is 2.10. The van der Waals surface area contributed by atoms with E-state index < -0.39 is 12.1 Å². The molecule has 0 fully saturated rings. The molecule has 2 amide bonds. The molecule has 0 aromatic heterocycles. The highest BCUT2D eigenvalue weighted by Gasteiger charge is 2.21. The Labute approximate surface area is 171 Å². The molecule has 160 valence electrons. The van der Waals surface area contributed by atoms with E-state index in [0.717, 1.165) is 12.8 Å². The van der Waals surface area contributed by atoms with Crippen LogP contribution in [0, 0.1) is 0 Å². The molecule has 0 heterocycles. The molecule has 0 spiro atoms. The average Bonchev–Trinajstić information content (AvgIpc) is 2.67. The van der Waals surface area contributed by atoms with Crippen LogP contribution in [0.3, 0.4) is 0 Å². The lowest BCUT2D eigenvalue weighted by Crippen LogP contribution is -2.52. The number of thiol groups is 1. The summed E-state index contributed by atoms with van der Waals surface area (Å²) in [5, 5.41) is 5.55. The van der Waals surface area contributed by atoms with Gasteiger partial charge in [-0.25, -0.2) is 0 Å². The van der Waals surface area contributed by atoms with Crippen LogP contribution in [0.1, 0.15) is 84.0 Å². The van der Waals surface area contributed by atoms with Gasteiger partial charge in [-0.05, 0) is 25.8 Å². The van der Waals surface area contributed by atoms with Gasteiger partial charge in [-0.3, -0.25) is 9.59 Å². The van der Waals surface area contributed by atoms with Gasteiger partial charge in [0.25, 0.3) is 0 Å². The maximum absolute atomic E-state index is 12.2. The molecular weight excluding hydrogens is 360 g/mol. The smallest absolute Gasteiger partial charge is 0.243 e. The Morgan fingerprint density at radius 1 is 0.889 bits per heavy atom. The number of hydrogen-bond acceptors (Lipinski definition) is 5. The van der Waals surface area contributed by atoms with Gasteiger partial charge in [-0.2, -0.15) is 12.6 Å². The molecule has 0 aromatic carbocycles. The molecule has 0 saturated heterocycles. The number of rotatable bonds is 18. The van der Waals surface area contributed by atoms with Crippen LogP contribution in [0.2, 0.25) is 0 Å². The number of carbonyl (C=O) groups is 2. The fourth-order valence-corrected chi connectivity index (χ4v) is 3.15. The van der Waals surface area contributed by atoms with Crippen LogP contribution < -0.4 is 22.1 Å². The summed E-state index contributed by atoms with van der Waals surface area (Å²) in [4.78, 5) is 24.2. The molecule has 6 N–H and O–H groups in total. The predicted octanol–water partition coefficient (Wildman–Crippen LogP) is 2.50. The maximum atomic E-state index is 12.2. The van der Waals surface area contributed by atoms with Crippen molar-refractivity contribution >= 4 is 24.4 Å². The Kier molecular flexibility index (Phi) is 18.0. The van der Waals surface area contributed by atoms with Crippen molar-refractivity contribution in [2.45, 2.75) is 96.1 Å². The Bertz CT molecular complexity index is 383. The summed E-state index contributed by atoms with van der Waals surface area (Å²) in [6.45, 7) is 3.37. The molecule has 0 rings (SSSR count). The van der Waals surface area contributed by atoms with E-state index in [0.29, 0.717) is 25.9 Å². The van der Waals surface area contributed by atoms with Gasteiger partial charge >= 0.3 is 0 Å². The van der Waals surface area contributed by atoms with Crippen LogP contribution in [0.5, 0.6) is 0 Å². The highest BCUT2D eigenvalue weighted by molar-refractivity contribution is 7.80. The van der Waals surface area contributed by atoms with Gasteiger partial charge in [-0.1, -0.05) is 64.7 Å². The van der Waals surface area contributed by atoms with Crippen molar-refractivity contribution < 1.29 is 9.59 Å². The first kappa shape index (κ1) is 26.2. The Morgan fingerprint density at radius 3 is 1.96 bits per heavy atom. The van der Waals surface area contributed by atoms with Gasteiger partial charge in [0.05, 0.1) is 6.04 Å². The van der Waals surface area contributed by atoms with Crippen LogP contribution in [-0.2, 0) is 9.59 Å². The Hall–Kier alpha value is -0.790. The zero-order chi connectivity index (χ0) is 20.3. The summed E-state index contributed by atoms with van der Waals surface area (Å²) in [6.07, 6.45) is 13.8. The molecular formula is C20H42N4O2S. The maximum Gasteiger partial charge on any atom is 0.243 e. The van der Waals surface area contributed by atoms with E-state index >= 15 is 0 Å². The Morgan fingerprint density at radius 2 is 1.44 bits per heavy atom. The van der Waals surface area contributed by atoms with E-state index in [1.807, 2.05) is 0 Å². The molecule has 0 aliphatic heterocycles. The van der Waals surface area contributed by atoms with Gasteiger partial charge in [0, 0.05) is 12.3 Å². The predicted molar refractivity (Wildman–Crippen MR) is 117 cm³/mol. The summed E-state index contributed by atoms with van der Waals surface area (Å²) in [5.41, 5.74) is 11.2. The van der Waals surface area contributed by atoms with Crippen molar-refractivity contribution in [3.05, 3.63) is 0 Å². The van der Waals surface area contributed by atoms with Gasteiger partial charge < -0.3 is 22.1 Å². The standard InChI is InChI=1S/C20H42N4O2S/c1-2-3-4-5-6-7-8-9-10-11-15-23-20(26)18(16-27)24-19(25)17(22)13-12-14-21/h17-18,27H,2-16,21-22H2,1H3,(H,23,26)(H,24,25)/t17-,18-/m0/s1. The first-order chi connectivity index (χ1) is 13.1. The molecule has 0 bridgehead atoms. The van der Waals surface area contributed by atoms with Gasteiger partial charge in [0.15, 0.2) is 0 Å². The zero-order valence-corrected chi connectivity index (χ0v) is 18.1. The minimum absolute atomic E-state index is 0.194. The summed E-state index contributed by atoms with van der Waals surface area (Å²) in [7, 11) is 0. The molecule has 0 aliphatic carbocycles. The number of nitrogens with one attached hydrogen (secondary N) is 2. The quantitative estimate of drug-likeness (QED) is 0.179. The van der Waals surface area contributed by atoms with Crippen LogP contribution >= 0.6 is 12.6 Å². The molecule has 0 aromatic rings. The monoisotopic (exact) mass is 402 g/mol. The van der Waals surface area contributed by atoms with Gasteiger partial charge in [-0.15, -0.1) is 0 Å². The van der Waals surface area contributed by atoms with Crippen molar-refractivity contribution in [3.63, 3.8) is 0 Å². The lowest BCUT2D eigenvalue weighted by atomic mass is 10.1. The second kappa shape index (κ2) is 18.6. The minimum atomic E-state index is -0.645. The lowest BCUT2D eigenvalue weighted by Gasteiger charge is -2.19. The van der Waals surface area contributed by atoms with Gasteiger partial charge in [0.2, 0.25) is 11.8 Å². The fraction of sp³-hybridized carbons (Fsp3) is 0.900. The fourth-order valence-electron chi connectivity index (χ4n) is 2.89. The summed E-state index contributed by atoms with van der Waals surface area (Å²) in [6, 6.07) is -1.28. The molecule has 6 nitrogen and oxygen atoms in total. The normalized spacial score (nSPS) is 13.2. The average molecular weight is 403 g/mol. The lowest BCUT2D eigenvalue weighted by molar-refractivity contribution is -0.129. The van der Waals surface area contributed by atoms with E-state index in [2.05, 4.69) is 30.2 Å². The first-order valence-corrected chi connectivity index (χ1v) is 11.3. The summed E-state index contributed by atoms with van der Waals surface area (Å²) >= 11 is 4.16. The third-order valence-electron chi connectivity index (χ3n) is 4.70. The first-order valence-electron chi connectivity index (χ1n) is 10.7. The minimum Gasteiger partial charge on any atom is -0.354 e. The second-order valence-corrected chi connectivity index (χ2v) is 7.62. The van der Waals surface area contributed by atoms with Crippen molar-refractivity contribution in [2.75, 3.05) is 18.8 Å². The molecule has 7 heteroatoms. The number of hydrogen-bond donors (Lipinski definition) is 5. The van der Waals surface area contributed by atoms with Crippen molar-refractivity contribution in [2.24, 2.45) is 11.5 Å². The summed E-state index contributed by atoms with van der Waals surface area (Å²) in [5.74, 6) is -0.268. The van der Waals surface area contributed by atoms with E-state index in [4.69, 9.17) is 11.5 Å². The molecule has 2 atom stereocenters. The molecule has 0 aliphatic rings. The molecule has 27 heavy (non-hydrogen) atoms. The van der Waals surface area contributed by atoms with E-state index in [1.165, 1.54) is 51.4 Å². The van der Waals surface area contributed by atoms with Crippen molar-refractivity contribution in [3.8, 4) is 0 Å². The zero-order valence-electron chi connectivity index (χ0n) is 17.2. The molecule has 0 saturated carbocycles. The largest absolute Gasteiger partial charge is 0.354 e. The SMILES string of the molecule is CCCCCCCCCCCCNC(=O)[C@H](CS)NC(=O)[C@@H](N)CCCN. The number of nitrogens with two attached hydrogens (primary N) is 2. The number of carbonyl (C=O) groups excluding carboxylic acids is 2. The second-order valence-electron chi connectivity index (χ2n) is 7.25. The van der Waals surface area contributed by atoms with Crippen LogP contribution in [0.4, 0.5) is 0 Å². The highest BCUT2D eigenvalue weighted by atomic mass is 32.1. The third kappa shape index (κ3) is 14.9. The van der Waals surface area contributed by atoms with E-state index in [9.17, 15) is 9.59 Å².